The molecule has 0 radical (unpaired) electrons. The fourth-order valence-corrected chi connectivity index (χ4v) is 3.48. The lowest BCUT2D eigenvalue weighted by atomic mass is 10.2. The Labute approximate surface area is 148 Å². The predicted molar refractivity (Wildman–Crippen MR) is 102 cm³/mol. The van der Waals surface area contributed by atoms with Gasteiger partial charge in [0.2, 0.25) is 0 Å². The summed E-state index contributed by atoms with van der Waals surface area (Å²) < 4.78 is 2.32. The molecular formula is C20H24ClN3. The van der Waals surface area contributed by atoms with Crippen LogP contribution in [-0.2, 0) is 6.42 Å². The number of nitrogens with zero attached hydrogens (tertiary/aromatic N) is 3. The van der Waals surface area contributed by atoms with Crippen molar-refractivity contribution in [2.45, 2.75) is 26.7 Å². The molecule has 126 valence electrons. The summed E-state index contributed by atoms with van der Waals surface area (Å²) in [6, 6.07) is 14.8. The van der Waals surface area contributed by atoms with Crippen molar-refractivity contribution in [2.75, 3.05) is 20.1 Å². The van der Waals surface area contributed by atoms with Gasteiger partial charge in [-0.2, -0.15) is 0 Å². The van der Waals surface area contributed by atoms with E-state index in [1.54, 1.807) is 0 Å². The summed E-state index contributed by atoms with van der Waals surface area (Å²) in [6.07, 6.45) is 2.16. The Hall–Kier alpha value is -1.84. The molecule has 0 unspecified atom stereocenters. The number of hydrogen-bond donors (Lipinski definition) is 0. The van der Waals surface area contributed by atoms with E-state index in [1.807, 2.05) is 13.0 Å². The molecule has 2 heterocycles. The van der Waals surface area contributed by atoms with Gasteiger partial charge in [-0.3, -0.25) is 0 Å². The van der Waals surface area contributed by atoms with Crippen molar-refractivity contribution < 1.29 is 0 Å². The minimum Gasteiger partial charge on any atom is -0.313 e. The maximum absolute atomic E-state index is 6.41. The van der Waals surface area contributed by atoms with E-state index in [0.717, 1.165) is 36.1 Å². The Morgan fingerprint density at radius 1 is 1.12 bits per heavy atom. The van der Waals surface area contributed by atoms with Gasteiger partial charge in [0.05, 0.1) is 5.52 Å². The van der Waals surface area contributed by atoms with Gasteiger partial charge in [0.25, 0.3) is 0 Å². The first-order valence-electron chi connectivity index (χ1n) is 8.51. The fourth-order valence-electron chi connectivity index (χ4n) is 3.20. The summed E-state index contributed by atoms with van der Waals surface area (Å²) in [5.74, 6) is 0. The first-order valence-corrected chi connectivity index (χ1v) is 8.89. The summed E-state index contributed by atoms with van der Waals surface area (Å²) in [5.41, 5.74) is 4.51. The van der Waals surface area contributed by atoms with E-state index in [9.17, 15) is 0 Å². The maximum atomic E-state index is 6.41. The molecule has 0 fully saturated rings. The van der Waals surface area contributed by atoms with Crippen molar-refractivity contribution in [3.63, 3.8) is 0 Å². The molecule has 0 aliphatic heterocycles. The number of fused-ring (bicyclic) bond motifs is 1. The van der Waals surface area contributed by atoms with E-state index < -0.39 is 0 Å². The van der Waals surface area contributed by atoms with Crippen LogP contribution in [0, 0.1) is 6.92 Å². The van der Waals surface area contributed by atoms with Crippen molar-refractivity contribution in [1.29, 1.82) is 0 Å². The lowest BCUT2D eigenvalue weighted by Crippen LogP contribution is -2.22. The van der Waals surface area contributed by atoms with Crippen LogP contribution in [0.25, 0.3) is 16.6 Å². The van der Waals surface area contributed by atoms with Crippen molar-refractivity contribution in [3.05, 3.63) is 59.0 Å². The molecule has 2 aromatic heterocycles. The molecule has 0 amide bonds. The molecule has 24 heavy (non-hydrogen) atoms. The van der Waals surface area contributed by atoms with Gasteiger partial charge in [-0.05, 0) is 51.2 Å². The molecule has 0 atom stereocenters. The number of pyridine rings is 1. The van der Waals surface area contributed by atoms with E-state index in [2.05, 4.69) is 64.8 Å². The Kier molecular flexibility index (Phi) is 5.22. The number of hydrogen-bond acceptors (Lipinski definition) is 2. The van der Waals surface area contributed by atoms with Crippen molar-refractivity contribution >= 4 is 22.5 Å². The zero-order valence-electron chi connectivity index (χ0n) is 14.6. The van der Waals surface area contributed by atoms with Gasteiger partial charge in [0.1, 0.15) is 5.15 Å². The highest BCUT2D eigenvalue weighted by Crippen LogP contribution is 2.29. The largest absolute Gasteiger partial charge is 0.313 e. The van der Waals surface area contributed by atoms with Gasteiger partial charge >= 0.3 is 0 Å². The lowest BCUT2D eigenvalue weighted by Gasteiger charge is -2.17. The number of benzene rings is 1. The molecule has 1 aromatic carbocycles. The van der Waals surface area contributed by atoms with Crippen LogP contribution < -0.4 is 0 Å². The summed E-state index contributed by atoms with van der Waals surface area (Å²) in [5, 5.41) is 1.61. The number of halogens is 1. The predicted octanol–water partition coefficient (Wildman–Crippen LogP) is 4.87. The average Bonchev–Trinajstić information content (AvgIpc) is 2.93. The number of likely N-dealkylation sites (N-methyl/N-ethyl adjacent to an activating group) is 1. The van der Waals surface area contributed by atoms with Crippen LogP contribution in [0.15, 0.2) is 42.5 Å². The van der Waals surface area contributed by atoms with E-state index in [-0.39, 0.29) is 0 Å². The van der Waals surface area contributed by atoms with E-state index >= 15 is 0 Å². The zero-order valence-corrected chi connectivity index (χ0v) is 15.3. The van der Waals surface area contributed by atoms with Gasteiger partial charge in [0, 0.05) is 35.4 Å². The molecule has 3 nitrogen and oxygen atoms in total. The molecular weight excluding hydrogens is 318 g/mol. The standard InChI is InChI=1S/C20H24ClN3/c1-4-11-23(3)12-10-17-14-18-19(13-15(2)22-20(18)21)24(17)16-8-6-5-7-9-16/h5-9,13-14H,4,10-12H2,1-3H3. The van der Waals surface area contributed by atoms with E-state index in [1.165, 1.54) is 17.8 Å². The van der Waals surface area contributed by atoms with Gasteiger partial charge in [0.15, 0.2) is 0 Å². The molecule has 0 aliphatic rings. The van der Waals surface area contributed by atoms with Crippen LogP contribution in [0.2, 0.25) is 5.15 Å². The van der Waals surface area contributed by atoms with Gasteiger partial charge in [-0.1, -0.05) is 36.7 Å². The second kappa shape index (κ2) is 7.37. The summed E-state index contributed by atoms with van der Waals surface area (Å²) in [6.45, 7) is 6.35. The highest BCUT2D eigenvalue weighted by molar-refractivity contribution is 6.34. The zero-order chi connectivity index (χ0) is 17.1. The smallest absolute Gasteiger partial charge is 0.138 e. The number of aromatic nitrogens is 2. The first kappa shape index (κ1) is 17.0. The topological polar surface area (TPSA) is 21.1 Å². The lowest BCUT2D eigenvalue weighted by molar-refractivity contribution is 0.337. The minimum absolute atomic E-state index is 0.586. The summed E-state index contributed by atoms with van der Waals surface area (Å²) >= 11 is 6.41. The van der Waals surface area contributed by atoms with E-state index in [4.69, 9.17) is 11.6 Å². The van der Waals surface area contributed by atoms with Crippen LogP contribution >= 0.6 is 11.6 Å². The Morgan fingerprint density at radius 3 is 2.58 bits per heavy atom. The number of para-hydroxylation sites is 1. The first-order chi connectivity index (χ1) is 11.6. The highest BCUT2D eigenvalue weighted by Gasteiger charge is 2.14. The monoisotopic (exact) mass is 341 g/mol. The molecule has 0 spiro atoms. The number of rotatable bonds is 6. The van der Waals surface area contributed by atoms with Gasteiger partial charge < -0.3 is 9.47 Å². The molecule has 0 aliphatic carbocycles. The third-order valence-corrected chi connectivity index (χ3v) is 4.61. The Morgan fingerprint density at radius 2 is 1.88 bits per heavy atom. The van der Waals surface area contributed by atoms with E-state index in [0.29, 0.717) is 5.15 Å². The Bertz CT molecular complexity index is 824. The van der Waals surface area contributed by atoms with Crippen molar-refractivity contribution in [2.24, 2.45) is 0 Å². The SMILES string of the molecule is CCCN(C)CCc1cc2c(Cl)nc(C)cc2n1-c1ccccc1. The van der Waals surface area contributed by atoms with Crippen molar-refractivity contribution in [3.8, 4) is 5.69 Å². The maximum Gasteiger partial charge on any atom is 0.138 e. The molecule has 3 aromatic rings. The molecule has 0 bridgehead atoms. The van der Waals surface area contributed by atoms with Gasteiger partial charge in [-0.25, -0.2) is 4.98 Å². The second-order valence-corrected chi connectivity index (χ2v) is 6.71. The van der Waals surface area contributed by atoms with Crippen LogP contribution in [0.1, 0.15) is 24.7 Å². The molecule has 0 saturated heterocycles. The van der Waals surface area contributed by atoms with Crippen LogP contribution in [-0.4, -0.2) is 34.6 Å². The summed E-state index contributed by atoms with van der Waals surface area (Å²) in [7, 11) is 2.18. The summed E-state index contributed by atoms with van der Waals surface area (Å²) in [4.78, 5) is 6.79. The van der Waals surface area contributed by atoms with Crippen LogP contribution in [0.5, 0.6) is 0 Å². The highest BCUT2D eigenvalue weighted by atomic mass is 35.5. The van der Waals surface area contributed by atoms with Crippen LogP contribution in [0.3, 0.4) is 0 Å². The third-order valence-electron chi connectivity index (χ3n) is 4.33. The molecule has 0 N–H and O–H groups in total. The average molecular weight is 342 g/mol. The molecule has 4 heteroatoms. The van der Waals surface area contributed by atoms with Crippen LogP contribution in [0.4, 0.5) is 0 Å². The number of aryl methyl sites for hydroxylation is 1. The van der Waals surface area contributed by atoms with Crippen molar-refractivity contribution in [1.82, 2.24) is 14.5 Å². The third kappa shape index (κ3) is 3.47. The normalized spacial score (nSPS) is 11.5. The van der Waals surface area contributed by atoms with Gasteiger partial charge in [-0.15, -0.1) is 0 Å². The minimum atomic E-state index is 0.586. The second-order valence-electron chi connectivity index (χ2n) is 6.35. The quantitative estimate of drug-likeness (QED) is 0.596. The Balaban J connectivity index is 2.08. The fraction of sp³-hybridized carbons (Fsp3) is 0.350. The molecule has 3 rings (SSSR count). The molecule has 0 saturated carbocycles.